The zero-order chi connectivity index (χ0) is 14.9. The number of aromatic nitrogens is 1. The summed E-state index contributed by atoms with van der Waals surface area (Å²) in [6.45, 7) is 1.57. The van der Waals surface area contributed by atoms with Gasteiger partial charge in [-0.05, 0) is 19.1 Å². The molecule has 1 aromatic heterocycles. The van der Waals surface area contributed by atoms with Crippen molar-refractivity contribution in [1.82, 2.24) is 4.98 Å². The highest BCUT2D eigenvalue weighted by Crippen LogP contribution is 2.36. The number of halogens is 3. The topological polar surface area (TPSA) is 65.3 Å². The van der Waals surface area contributed by atoms with E-state index in [0.29, 0.717) is 5.56 Å². The molecule has 0 saturated carbocycles. The fraction of sp³-hybridized carbons (Fsp3) is 0.0833. The first kappa shape index (κ1) is 14.8. The van der Waals surface area contributed by atoms with Gasteiger partial charge in [-0.1, -0.05) is 40.9 Å². The van der Waals surface area contributed by atoms with Gasteiger partial charge >= 0.3 is 0 Å². The van der Waals surface area contributed by atoms with E-state index in [0.717, 1.165) is 0 Å². The molecule has 0 unspecified atom stereocenters. The smallest absolute Gasteiger partial charge is 0.276 e. The molecule has 1 heterocycles. The Morgan fingerprint density at radius 2 is 1.95 bits per heavy atom. The summed E-state index contributed by atoms with van der Waals surface area (Å²) in [6, 6.07) is 5.85. The standard InChI is InChI=1S/C12H7Cl3N2O3/c1-6-9(17(18)19)3-2-4-10(6)20-12-8(14)5-7(13)11(15)16-12/h2-5H,1H3. The molecule has 0 aliphatic carbocycles. The Morgan fingerprint density at radius 1 is 1.25 bits per heavy atom. The van der Waals surface area contributed by atoms with Crippen LogP contribution in [0.5, 0.6) is 11.6 Å². The van der Waals surface area contributed by atoms with Crippen molar-refractivity contribution in [3.63, 3.8) is 0 Å². The minimum Gasteiger partial charge on any atom is -0.437 e. The van der Waals surface area contributed by atoms with Crippen LogP contribution in [0.15, 0.2) is 24.3 Å². The van der Waals surface area contributed by atoms with E-state index >= 15 is 0 Å². The summed E-state index contributed by atoms with van der Waals surface area (Å²) in [7, 11) is 0. The van der Waals surface area contributed by atoms with Gasteiger partial charge in [0.15, 0.2) is 5.15 Å². The Labute approximate surface area is 129 Å². The largest absolute Gasteiger partial charge is 0.437 e. The molecular formula is C12H7Cl3N2O3. The van der Waals surface area contributed by atoms with Crippen molar-refractivity contribution in [3.05, 3.63) is 55.1 Å². The molecular weight excluding hydrogens is 327 g/mol. The molecule has 104 valence electrons. The van der Waals surface area contributed by atoms with Crippen LogP contribution in [0.2, 0.25) is 15.2 Å². The minimum absolute atomic E-state index is 0.0321. The van der Waals surface area contributed by atoms with Gasteiger partial charge < -0.3 is 4.74 Å². The molecule has 5 nitrogen and oxygen atoms in total. The van der Waals surface area contributed by atoms with Crippen LogP contribution in [0.3, 0.4) is 0 Å². The van der Waals surface area contributed by atoms with E-state index in [1.165, 1.54) is 18.2 Å². The lowest BCUT2D eigenvalue weighted by atomic mass is 10.2. The highest BCUT2D eigenvalue weighted by molar-refractivity contribution is 6.42. The Hall–Kier alpha value is -1.56. The third-order valence-electron chi connectivity index (χ3n) is 2.51. The van der Waals surface area contributed by atoms with E-state index in [2.05, 4.69) is 4.98 Å². The van der Waals surface area contributed by atoms with Crippen molar-refractivity contribution in [1.29, 1.82) is 0 Å². The van der Waals surface area contributed by atoms with Crippen LogP contribution >= 0.6 is 34.8 Å². The second-order valence-electron chi connectivity index (χ2n) is 3.81. The van der Waals surface area contributed by atoms with Crippen LogP contribution in [0, 0.1) is 17.0 Å². The SMILES string of the molecule is Cc1c(Oc2nc(Cl)c(Cl)cc2Cl)cccc1[N+](=O)[O-]. The van der Waals surface area contributed by atoms with Crippen LogP contribution in [0.1, 0.15) is 5.56 Å². The zero-order valence-corrected chi connectivity index (χ0v) is 12.3. The molecule has 0 atom stereocenters. The lowest BCUT2D eigenvalue weighted by Crippen LogP contribution is -1.96. The Balaban J connectivity index is 2.43. The number of hydrogen-bond acceptors (Lipinski definition) is 4. The van der Waals surface area contributed by atoms with E-state index < -0.39 is 4.92 Å². The average molecular weight is 334 g/mol. The maximum absolute atomic E-state index is 10.9. The van der Waals surface area contributed by atoms with Gasteiger partial charge in [0.25, 0.3) is 5.69 Å². The highest BCUT2D eigenvalue weighted by Gasteiger charge is 2.17. The van der Waals surface area contributed by atoms with Gasteiger partial charge in [0.2, 0.25) is 5.88 Å². The molecule has 0 aliphatic heterocycles. The molecule has 0 radical (unpaired) electrons. The summed E-state index contributed by atoms with van der Waals surface area (Å²) in [6.07, 6.45) is 0. The van der Waals surface area contributed by atoms with Crippen LogP contribution in [-0.2, 0) is 0 Å². The van der Waals surface area contributed by atoms with Gasteiger partial charge in [0.1, 0.15) is 10.8 Å². The number of nitro benzene ring substituents is 1. The van der Waals surface area contributed by atoms with Crippen molar-refractivity contribution >= 4 is 40.5 Å². The minimum atomic E-state index is -0.494. The Kier molecular flexibility index (Phi) is 4.32. The van der Waals surface area contributed by atoms with Crippen molar-refractivity contribution in [2.45, 2.75) is 6.92 Å². The number of ether oxygens (including phenoxy) is 1. The van der Waals surface area contributed by atoms with Crippen molar-refractivity contribution in [2.75, 3.05) is 0 Å². The molecule has 8 heteroatoms. The van der Waals surface area contributed by atoms with Gasteiger partial charge in [-0.25, -0.2) is 0 Å². The van der Waals surface area contributed by atoms with Crippen LogP contribution in [0.25, 0.3) is 0 Å². The summed E-state index contributed by atoms with van der Waals surface area (Å²) in [5.41, 5.74) is 0.306. The number of benzene rings is 1. The first-order chi connectivity index (χ1) is 9.40. The molecule has 0 N–H and O–H groups in total. The van der Waals surface area contributed by atoms with E-state index in [1.807, 2.05) is 0 Å². The number of rotatable bonds is 3. The van der Waals surface area contributed by atoms with E-state index in [1.54, 1.807) is 13.0 Å². The van der Waals surface area contributed by atoms with Crippen molar-refractivity contribution in [2.24, 2.45) is 0 Å². The second-order valence-corrected chi connectivity index (χ2v) is 4.98. The summed E-state index contributed by atoms with van der Waals surface area (Å²) < 4.78 is 5.48. The summed E-state index contributed by atoms with van der Waals surface area (Å²) >= 11 is 17.5. The predicted octanol–water partition coefficient (Wildman–Crippen LogP) is 5.05. The molecule has 1 aromatic carbocycles. The van der Waals surface area contributed by atoms with Gasteiger partial charge in [-0.3, -0.25) is 10.1 Å². The van der Waals surface area contributed by atoms with Gasteiger partial charge in [-0.15, -0.1) is 0 Å². The van der Waals surface area contributed by atoms with E-state index in [4.69, 9.17) is 39.5 Å². The third kappa shape index (κ3) is 2.95. The van der Waals surface area contributed by atoms with Crippen molar-refractivity contribution < 1.29 is 9.66 Å². The number of hydrogen-bond donors (Lipinski definition) is 0. The molecule has 0 saturated heterocycles. The molecule has 20 heavy (non-hydrogen) atoms. The van der Waals surface area contributed by atoms with Crippen LogP contribution in [-0.4, -0.2) is 9.91 Å². The van der Waals surface area contributed by atoms with Crippen LogP contribution < -0.4 is 4.74 Å². The summed E-state index contributed by atoms with van der Waals surface area (Å²) in [4.78, 5) is 14.3. The fourth-order valence-electron chi connectivity index (χ4n) is 1.52. The predicted molar refractivity (Wildman–Crippen MR) is 77.2 cm³/mol. The van der Waals surface area contributed by atoms with Gasteiger partial charge in [-0.2, -0.15) is 4.98 Å². The molecule has 0 bridgehead atoms. The second kappa shape index (κ2) is 5.83. The quantitative estimate of drug-likeness (QED) is 0.448. The molecule has 0 spiro atoms. The summed E-state index contributed by atoms with van der Waals surface area (Å²) in [5, 5.41) is 11.3. The average Bonchev–Trinajstić information content (AvgIpc) is 2.37. The monoisotopic (exact) mass is 332 g/mol. The maximum Gasteiger partial charge on any atom is 0.276 e. The summed E-state index contributed by atoms with van der Waals surface area (Å²) in [5.74, 6) is 0.302. The van der Waals surface area contributed by atoms with Gasteiger partial charge in [0, 0.05) is 6.07 Å². The van der Waals surface area contributed by atoms with E-state index in [-0.39, 0.29) is 32.5 Å². The first-order valence-corrected chi connectivity index (χ1v) is 6.47. The van der Waals surface area contributed by atoms with Gasteiger partial charge in [0.05, 0.1) is 15.5 Å². The maximum atomic E-state index is 10.9. The normalized spacial score (nSPS) is 10.4. The number of pyridine rings is 1. The Morgan fingerprint density at radius 3 is 2.60 bits per heavy atom. The fourth-order valence-corrected chi connectivity index (χ4v) is 2.04. The molecule has 2 rings (SSSR count). The van der Waals surface area contributed by atoms with Crippen LogP contribution in [0.4, 0.5) is 5.69 Å². The lowest BCUT2D eigenvalue weighted by molar-refractivity contribution is -0.385. The van der Waals surface area contributed by atoms with E-state index in [9.17, 15) is 10.1 Å². The molecule has 2 aromatic rings. The first-order valence-electron chi connectivity index (χ1n) is 5.33. The number of nitrogens with zero attached hydrogens (tertiary/aromatic N) is 2. The highest BCUT2D eigenvalue weighted by atomic mass is 35.5. The lowest BCUT2D eigenvalue weighted by Gasteiger charge is -2.10. The Bertz CT molecular complexity index is 692. The third-order valence-corrected chi connectivity index (χ3v) is 3.46. The zero-order valence-electron chi connectivity index (χ0n) is 10.1. The van der Waals surface area contributed by atoms with Crippen molar-refractivity contribution in [3.8, 4) is 11.6 Å². The number of nitro groups is 1. The molecule has 0 aliphatic rings. The molecule has 0 fully saturated rings. The molecule has 0 amide bonds.